The number of hydrogen-bond acceptors (Lipinski definition) is 1. The van der Waals surface area contributed by atoms with Crippen molar-refractivity contribution in [3.05, 3.63) is 0 Å². The normalized spacial score (nSPS) is 36.0. The molecule has 0 aromatic carbocycles. The molecule has 1 nitrogen and oxygen atoms in total. The maximum Gasteiger partial charge on any atom is 0.0307 e. The number of nitrogens with one attached hydrogen (secondary N) is 1. The van der Waals surface area contributed by atoms with Gasteiger partial charge in [-0.1, -0.05) is 12.8 Å². The highest BCUT2D eigenvalue weighted by atomic mass is 15.2. The molecule has 3 fully saturated rings. The third-order valence-electron chi connectivity index (χ3n) is 4.61. The number of rotatable bonds is 0. The van der Waals surface area contributed by atoms with Crippen LogP contribution in [0.2, 0.25) is 0 Å². The minimum Gasteiger partial charge on any atom is -0.308 e. The van der Waals surface area contributed by atoms with Crippen molar-refractivity contribution in [2.75, 3.05) is 6.54 Å². The van der Waals surface area contributed by atoms with Crippen LogP contribution in [-0.4, -0.2) is 12.1 Å². The standard InChI is InChI=1S/C11H19N/c1-2-4-10(3-1)5-7-11(8-6-10)9-12-11/h12H,1-9H2. The molecule has 1 saturated heterocycles. The first kappa shape index (κ1) is 7.37. The van der Waals surface area contributed by atoms with Crippen LogP contribution in [0, 0.1) is 5.41 Å². The Morgan fingerprint density at radius 1 is 0.750 bits per heavy atom. The van der Waals surface area contributed by atoms with Crippen LogP contribution < -0.4 is 5.32 Å². The van der Waals surface area contributed by atoms with E-state index in [9.17, 15) is 0 Å². The molecule has 0 amide bonds. The first-order chi connectivity index (χ1) is 5.83. The molecule has 0 radical (unpaired) electrons. The van der Waals surface area contributed by atoms with Gasteiger partial charge in [0, 0.05) is 12.1 Å². The summed E-state index contributed by atoms with van der Waals surface area (Å²) in [5.41, 5.74) is 1.49. The topological polar surface area (TPSA) is 21.9 Å². The van der Waals surface area contributed by atoms with E-state index in [-0.39, 0.29) is 0 Å². The maximum atomic E-state index is 3.56. The van der Waals surface area contributed by atoms with E-state index in [2.05, 4.69) is 5.32 Å². The van der Waals surface area contributed by atoms with Gasteiger partial charge in [0.25, 0.3) is 0 Å². The number of hydrogen-bond donors (Lipinski definition) is 1. The molecule has 1 N–H and O–H groups in total. The van der Waals surface area contributed by atoms with E-state index < -0.39 is 0 Å². The molecule has 0 unspecified atom stereocenters. The predicted molar refractivity (Wildman–Crippen MR) is 50.1 cm³/mol. The summed E-state index contributed by atoms with van der Waals surface area (Å²) in [7, 11) is 0. The summed E-state index contributed by atoms with van der Waals surface area (Å²) in [5, 5.41) is 3.56. The molecule has 1 aliphatic heterocycles. The van der Waals surface area contributed by atoms with Crippen LogP contribution >= 0.6 is 0 Å². The SMILES string of the molecule is C1CCC2(C1)CCC1(CC2)CN1. The zero-order valence-corrected chi connectivity index (χ0v) is 7.86. The van der Waals surface area contributed by atoms with E-state index in [4.69, 9.17) is 0 Å². The third-order valence-corrected chi connectivity index (χ3v) is 4.61. The molecule has 3 aliphatic rings. The molecular weight excluding hydrogens is 146 g/mol. The summed E-state index contributed by atoms with van der Waals surface area (Å²) in [4.78, 5) is 0. The minimum atomic E-state index is 0.661. The van der Waals surface area contributed by atoms with Crippen molar-refractivity contribution >= 4 is 0 Å². The largest absolute Gasteiger partial charge is 0.308 e. The minimum absolute atomic E-state index is 0.661. The van der Waals surface area contributed by atoms with Crippen LogP contribution in [0.25, 0.3) is 0 Å². The summed E-state index contributed by atoms with van der Waals surface area (Å²) in [6.45, 7) is 1.32. The lowest BCUT2D eigenvalue weighted by atomic mass is 9.69. The fourth-order valence-corrected chi connectivity index (χ4v) is 3.36. The monoisotopic (exact) mass is 165 g/mol. The Labute approximate surface area is 74.9 Å². The molecule has 2 aliphatic carbocycles. The summed E-state index contributed by atoms with van der Waals surface area (Å²) in [6, 6.07) is 0. The third kappa shape index (κ3) is 1.02. The van der Waals surface area contributed by atoms with Crippen molar-refractivity contribution < 1.29 is 0 Å². The Morgan fingerprint density at radius 3 is 1.83 bits per heavy atom. The predicted octanol–water partition coefficient (Wildman–Crippen LogP) is 2.46. The summed E-state index contributed by atoms with van der Waals surface area (Å²) in [6.07, 6.45) is 12.1. The van der Waals surface area contributed by atoms with Crippen LogP contribution in [0.1, 0.15) is 51.4 Å². The van der Waals surface area contributed by atoms with Gasteiger partial charge < -0.3 is 5.32 Å². The molecule has 68 valence electrons. The van der Waals surface area contributed by atoms with Gasteiger partial charge in [0.1, 0.15) is 0 Å². The van der Waals surface area contributed by atoms with E-state index in [1.807, 2.05) is 0 Å². The fourth-order valence-electron chi connectivity index (χ4n) is 3.36. The van der Waals surface area contributed by atoms with Crippen molar-refractivity contribution in [2.45, 2.75) is 56.9 Å². The highest BCUT2D eigenvalue weighted by Gasteiger charge is 2.49. The Bertz CT molecular complexity index is 175. The van der Waals surface area contributed by atoms with Crippen molar-refractivity contribution in [1.82, 2.24) is 5.32 Å². The first-order valence-corrected chi connectivity index (χ1v) is 5.58. The highest BCUT2D eigenvalue weighted by Crippen LogP contribution is 2.52. The van der Waals surface area contributed by atoms with Crippen LogP contribution in [0.4, 0.5) is 0 Å². The summed E-state index contributed by atoms with van der Waals surface area (Å²) < 4.78 is 0. The molecule has 0 aromatic heterocycles. The van der Waals surface area contributed by atoms with Crippen LogP contribution in [0.3, 0.4) is 0 Å². The van der Waals surface area contributed by atoms with Gasteiger partial charge >= 0.3 is 0 Å². The molecule has 2 saturated carbocycles. The van der Waals surface area contributed by atoms with Crippen LogP contribution in [-0.2, 0) is 0 Å². The van der Waals surface area contributed by atoms with Gasteiger partial charge in [-0.2, -0.15) is 0 Å². The lowest BCUT2D eigenvalue weighted by Crippen LogP contribution is -2.30. The zero-order valence-electron chi connectivity index (χ0n) is 7.86. The second-order valence-electron chi connectivity index (χ2n) is 5.34. The van der Waals surface area contributed by atoms with Crippen molar-refractivity contribution in [1.29, 1.82) is 0 Å². The maximum absolute atomic E-state index is 3.56. The lowest BCUT2D eigenvalue weighted by molar-refractivity contribution is 0.172. The Balaban J connectivity index is 1.69. The summed E-state index contributed by atoms with van der Waals surface area (Å²) >= 11 is 0. The Kier molecular flexibility index (Phi) is 1.39. The Hall–Kier alpha value is -0.0400. The van der Waals surface area contributed by atoms with Crippen LogP contribution in [0.15, 0.2) is 0 Å². The second-order valence-corrected chi connectivity index (χ2v) is 5.34. The molecule has 12 heavy (non-hydrogen) atoms. The van der Waals surface area contributed by atoms with E-state index >= 15 is 0 Å². The molecule has 0 aromatic rings. The first-order valence-electron chi connectivity index (χ1n) is 5.58. The molecular formula is C11H19N. The molecule has 0 atom stereocenters. The van der Waals surface area contributed by atoms with Crippen LogP contribution in [0.5, 0.6) is 0 Å². The van der Waals surface area contributed by atoms with Gasteiger partial charge in [0.2, 0.25) is 0 Å². The molecule has 0 bridgehead atoms. The average Bonchev–Trinajstić information content (AvgIpc) is 2.72. The molecule has 1 heteroatoms. The van der Waals surface area contributed by atoms with Crippen molar-refractivity contribution in [3.8, 4) is 0 Å². The average molecular weight is 165 g/mol. The van der Waals surface area contributed by atoms with E-state index in [0.717, 1.165) is 5.41 Å². The van der Waals surface area contributed by atoms with E-state index in [0.29, 0.717) is 5.54 Å². The Morgan fingerprint density at radius 2 is 1.33 bits per heavy atom. The van der Waals surface area contributed by atoms with Gasteiger partial charge in [-0.05, 0) is 43.9 Å². The lowest BCUT2D eigenvalue weighted by Gasteiger charge is -2.36. The van der Waals surface area contributed by atoms with Gasteiger partial charge in [0.05, 0.1) is 0 Å². The van der Waals surface area contributed by atoms with Gasteiger partial charge in [-0.25, -0.2) is 0 Å². The highest BCUT2D eigenvalue weighted by molar-refractivity contribution is 5.09. The summed E-state index contributed by atoms with van der Waals surface area (Å²) in [5.74, 6) is 0. The van der Waals surface area contributed by atoms with Gasteiger partial charge in [-0.3, -0.25) is 0 Å². The smallest absolute Gasteiger partial charge is 0.0307 e. The quantitative estimate of drug-likeness (QED) is 0.547. The molecule has 1 heterocycles. The van der Waals surface area contributed by atoms with Crippen molar-refractivity contribution in [3.63, 3.8) is 0 Å². The van der Waals surface area contributed by atoms with Gasteiger partial charge in [0.15, 0.2) is 0 Å². The fraction of sp³-hybridized carbons (Fsp3) is 1.00. The van der Waals surface area contributed by atoms with E-state index in [1.54, 1.807) is 12.8 Å². The van der Waals surface area contributed by atoms with Gasteiger partial charge in [-0.15, -0.1) is 0 Å². The second kappa shape index (κ2) is 2.25. The zero-order chi connectivity index (χ0) is 8.07. The molecule has 2 spiro atoms. The van der Waals surface area contributed by atoms with Crippen molar-refractivity contribution in [2.24, 2.45) is 5.41 Å². The van der Waals surface area contributed by atoms with E-state index in [1.165, 1.54) is 45.1 Å². The molecule has 3 rings (SSSR count).